The molecule has 1 rings (SSSR count). The normalized spacial score (nSPS) is 14.0. The minimum atomic E-state index is -3.36. The smallest absolute Gasteiger partial charge is 0.250 e. The van der Waals surface area contributed by atoms with E-state index < -0.39 is 10.0 Å². The first-order valence-corrected chi connectivity index (χ1v) is 7.01. The molecule has 1 N–H and O–H groups in total. The van der Waals surface area contributed by atoms with Crippen molar-refractivity contribution in [3.8, 4) is 0 Å². The van der Waals surface area contributed by atoms with Crippen molar-refractivity contribution in [2.24, 2.45) is 0 Å². The van der Waals surface area contributed by atoms with Crippen molar-refractivity contribution in [1.82, 2.24) is 4.72 Å². The molecule has 1 aromatic heterocycles. The predicted octanol–water partition coefficient (Wildman–Crippen LogP) is 1.45. The van der Waals surface area contributed by atoms with Crippen molar-refractivity contribution in [2.75, 3.05) is 13.7 Å². The molecule has 1 atom stereocenters. The van der Waals surface area contributed by atoms with Crippen molar-refractivity contribution >= 4 is 21.4 Å². The van der Waals surface area contributed by atoms with Crippen LogP contribution in [0, 0.1) is 0 Å². The third kappa shape index (κ3) is 3.57. The molecule has 0 saturated carbocycles. The summed E-state index contributed by atoms with van der Waals surface area (Å²) in [7, 11) is -1.80. The van der Waals surface area contributed by atoms with Gasteiger partial charge in [-0.1, -0.05) is 13.0 Å². The lowest BCUT2D eigenvalue weighted by molar-refractivity contribution is 0.173. The van der Waals surface area contributed by atoms with E-state index in [-0.39, 0.29) is 6.04 Å². The number of hydrogen-bond acceptors (Lipinski definition) is 4. The molecule has 0 aliphatic carbocycles. The summed E-state index contributed by atoms with van der Waals surface area (Å²) >= 11 is 1.21. The van der Waals surface area contributed by atoms with Crippen molar-refractivity contribution < 1.29 is 13.2 Å². The van der Waals surface area contributed by atoms with Crippen LogP contribution in [0.15, 0.2) is 21.7 Å². The van der Waals surface area contributed by atoms with E-state index in [1.165, 1.54) is 11.3 Å². The molecule has 15 heavy (non-hydrogen) atoms. The molecule has 0 radical (unpaired) electrons. The van der Waals surface area contributed by atoms with E-state index in [1.807, 2.05) is 6.92 Å². The van der Waals surface area contributed by atoms with E-state index in [2.05, 4.69) is 4.72 Å². The number of nitrogens with one attached hydrogen (secondary N) is 1. The van der Waals surface area contributed by atoms with Crippen LogP contribution in [-0.4, -0.2) is 28.2 Å². The second-order valence-corrected chi connectivity index (χ2v) is 6.00. The Morgan fingerprint density at radius 2 is 2.33 bits per heavy atom. The number of sulfonamides is 1. The number of thiophene rings is 1. The SMILES string of the molecule is CCC(COC)NS(=O)(=O)c1cccs1. The Balaban J connectivity index is 2.72. The summed E-state index contributed by atoms with van der Waals surface area (Å²) in [6.07, 6.45) is 0.707. The molecule has 0 saturated heterocycles. The van der Waals surface area contributed by atoms with Crippen molar-refractivity contribution in [2.45, 2.75) is 23.6 Å². The molecule has 0 amide bonds. The molecule has 0 fully saturated rings. The lowest BCUT2D eigenvalue weighted by Gasteiger charge is -2.14. The van der Waals surface area contributed by atoms with Gasteiger partial charge in [-0.3, -0.25) is 0 Å². The van der Waals surface area contributed by atoms with Crippen LogP contribution < -0.4 is 4.72 Å². The molecule has 0 aromatic carbocycles. The predicted molar refractivity (Wildman–Crippen MR) is 60.6 cm³/mol. The maximum absolute atomic E-state index is 11.8. The molecule has 1 aromatic rings. The molecular formula is C9H15NO3S2. The lowest BCUT2D eigenvalue weighted by atomic mass is 10.3. The van der Waals surface area contributed by atoms with E-state index in [9.17, 15) is 8.42 Å². The highest BCUT2D eigenvalue weighted by atomic mass is 32.2. The molecule has 0 bridgehead atoms. The zero-order valence-corrected chi connectivity index (χ0v) is 10.4. The van der Waals surface area contributed by atoms with Gasteiger partial charge >= 0.3 is 0 Å². The van der Waals surface area contributed by atoms with Crippen LogP contribution in [0.4, 0.5) is 0 Å². The number of rotatable bonds is 6. The van der Waals surface area contributed by atoms with Gasteiger partial charge in [-0.05, 0) is 17.9 Å². The van der Waals surface area contributed by atoms with Gasteiger partial charge in [0.1, 0.15) is 4.21 Å². The second kappa shape index (κ2) is 5.60. The quantitative estimate of drug-likeness (QED) is 0.830. The van der Waals surface area contributed by atoms with Gasteiger partial charge in [-0.25, -0.2) is 13.1 Å². The van der Waals surface area contributed by atoms with Crippen LogP contribution in [0.2, 0.25) is 0 Å². The average molecular weight is 249 g/mol. The summed E-state index contributed by atoms with van der Waals surface area (Å²) in [5, 5.41) is 1.74. The van der Waals surface area contributed by atoms with Gasteiger partial charge < -0.3 is 4.74 Å². The highest BCUT2D eigenvalue weighted by molar-refractivity contribution is 7.91. The molecule has 6 heteroatoms. The number of methoxy groups -OCH3 is 1. The van der Waals surface area contributed by atoms with Gasteiger partial charge in [-0.15, -0.1) is 11.3 Å². The fourth-order valence-electron chi connectivity index (χ4n) is 1.13. The monoisotopic (exact) mass is 249 g/mol. The number of ether oxygens (including phenoxy) is 1. The van der Waals surface area contributed by atoms with Crippen LogP contribution in [0.3, 0.4) is 0 Å². The Kier molecular flexibility index (Phi) is 4.72. The maximum atomic E-state index is 11.8. The van der Waals surface area contributed by atoms with Gasteiger partial charge in [-0.2, -0.15) is 0 Å². The standard InChI is InChI=1S/C9H15NO3S2/c1-3-8(7-13-2)10-15(11,12)9-5-4-6-14-9/h4-6,8,10H,3,7H2,1-2H3. The minimum absolute atomic E-state index is 0.165. The Labute approximate surface area is 94.3 Å². The molecule has 1 heterocycles. The topological polar surface area (TPSA) is 55.4 Å². The molecule has 0 spiro atoms. The Bertz CT molecular complexity index is 372. The molecule has 1 unspecified atom stereocenters. The lowest BCUT2D eigenvalue weighted by Crippen LogP contribution is -2.37. The van der Waals surface area contributed by atoms with Crippen LogP contribution in [0.5, 0.6) is 0 Å². The summed E-state index contributed by atoms with van der Waals surface area (Å²) in [6.45, 7) is 2.31. The van der Waals surface area contributed by atoms with E-state index in [0.717, 1.165) is 0 Å². The first kappa shape index (κ1) is 12.6. The molecule has 0 aliphatic heterocycles. The summed E-state index contributed by atoms with van der Waals surface area (Å²) < 4.78 is 31.4. The van der Waals surface area contributed by atoms with Crippen LogP contribution in [-0.2, 0) is 14.8 Å². The summed E-state index contributed by atoms with van der Waals surface area (Å²) in [6, 6.07) is 3.14. The molecule has 0 aliphatic rings. The van der Waals surface area contributed by atoms with Crippen LogP contribution >= 0.6 is 11.3 Å². The van der Waals surface area contributed by atoms with E-state index in [0.29, 0.717) is 17.2 Å². The van der Waals surface area contributed by atoms with Gasteiger partial charge in [0, 0.05) is 13.2 Å². The molecule has 4 nitrogen and oxygen atoms in total. The van der Waals surface area contributed by atoms with Crippen LogP contribution in [0.1, 0.15) is 13.3 Å². The summed E-state index contributed by atoms with van der Waals surface area (Å²) in [5.74, 6) is 0. The second-order valence-electron chi connectivity index (χ2n) is 3.11. The zero-order valence-electron chi connectivity index (χ0n) is 8.76. The summed E-state index contributed by atoms with van der Waals surface area (Å²) in [4.78, 5) is 0. The Morgan fingerprint density at radius 3 is 2.80 bits per heavy atom. The average Bonchev–Trinajstić information content (AvgIpc) is 2.70. The maximum Gasteiger partial charge on any atom is 0.250 e. The fourth-order valence-corrected chi connectivity index (χ4v) is 3.44. The van der Waals surface area contributed by atoms with E-state index in [4.69, 9.17) is 4.74 Å². The van der Waals surface area contributed by atoms with E-state index >= 15 is 0 Å². The first-order chi connectivity index (χ1) is 7.10. The van der Waals surface area contributed by atoms with Crippen molar-refractivity contribution in [3.05, 3.63) is 17.5 Å². The minimum Gasteiger partial charge on any atom is -0.383 e. The highest BCUT2D eigenvalue weighted by Crippen LogP contribution is 2.16. The third-order valence-electron chi connectivity index (χ3n) is 1.94. The number of hydrogen-bond donors (Lipinski definition) is 1. The first-order valence-electron chi connectivity index (χ1n) is 4.65. The zero-order chi connectivity index (χ0) is 11.3. The Morgan fingerprint density at radius 1 is 1.60 bits per heavy atom. The molecule has 86 valence electrons. The van der Waals surface area contributed by atoms with Gasteiger partial charge in [0.15, 0.2) is 0 Å². The van der Waals surface area contributed by atoms with Gasteiger partial charge in [0.05, 0.1) is 6.61 Å². The van der Waals surface area contributed by atoms with Crippen LogP contribution in [0.25, 0.3) is 0 Å². The van der Waals surface area contributed by atoms with Crippen molar-refractivity contribution in [3.63, 3.8) is 0 Å². The van der Waals surface area contributed by atoms with Gasteiger partial charge in [0.25, 0.3) is 0 Å². The van der Waals surface area contributed by atoms with E-state index in [1.54, 1.807) is 24.6 Å². The molecular weight excluding hydrogens is 234 g/mol. The largest absolute Gasteiger partial charge is 0.383 e. The summed E-state index contributed by atoms with van der Waals surface area (Å²) in [5.41, 5.74) is 0. The Hall–Kier alpha value is -0.430. The fraction of sp³-hybridized carbons (Fsp3) is 0.556. The highest BCUT2D eigenvalue weighted by Gasteiger charge is 2.19. The third-order valence-corrected chi connectivity index (χ3v) is 4.86. The van der Waals surface area contributed by atoms with Gasteiger partial charge in [0.2, 0.25) is 10.0 Å². The van der Waals surface area contributed by atoms with Crippen molar-refractivity contribution in [1.29, 1.82) is 0 Å².